The van der Waals surface area contributed by atoms with Crippen molar-refractivity contribution >= 4 is 15.9 Å². The Kier molecular flexibility index (Phi) is 6.34. The molecule has 1 aliphatic rings. The van der Waals surface area contributed by atoms with E-state index >= 15 is 0 Å². The van der Waals surface area contributed by atoms with Crippen LogP contribution in [0.4, 0.5) is 4.79 Å². The lowest BCUT2D eigenvalue weighted by molar-refractivity contribution is 0.209. The molecule has 0 bridgehead atoms. The van der Waals surface area contributed by atoms with E-state index in [1.165, 1.54) is 4.90 Å². The van der Waals surface area contributed by atoms with Gasteiger partial charge in [-0.2, -0.15) is 0 Å². The minimum Gasteiger partial charge on any atom is -0.338 e. The zero-order valence-electron chi connectivity index (χ0n) is 11.8. The van der Waals surface area contributed by atoms with Crippen LogP contribution in [0.25, 0.3) is 0 Å². The third-order valence-electron chi connectivity index (χ3n) is 3.44. The predicted molar refractivity (Wildman–Crippen MR) is 76.8 cm³/mol. The normalized spacial score (nSPS) is 19.2. The van der Waals surface area contributed by atoms with Crippen LogP contribution in [0.15, 0.2) is 12.2 Å². The Labute approximate surface area is 116 Å². The molecule has 5 nitrogen and oxygen atoms in total. The molecule has 0 radical (unpaired) electrons. The van der Waals surface area contributed by atoms with Crippen LogP contribution >= 0.6 is 0 Å². The molecule has 1 N–H and O–H groups in total. The summed E-state index contributed by atoms with van der Waals surface area (Å²) in [6.45, 7) is 2.52. The number of nitrogens with one attached hydrogen (secondary N) is 1. The third-order valence-corrected chi connectivity index (χ3v) is 5.13. The molecule has 0 aliphatic heterocycles. The van der Waals surface area contributed by atoms with Crippen molar-refractivity contribution in [2.75, 3.05) is 31.6 Å². The lowest BCUT2D eigenvalue weighted by Crippen LogP contribution is -2.41. The average Bonchev–Trinajstić information content (AvgIpc) is 2.43. The van der Waals surface area contributed by atoms with Crippen LogP contribution in [-0.2, 0) is 9.84 Å². The fraction of sp³-hybridized carbons (Fsp3) is 0.769. The number of carbonyl (C=O) groups excluding carboxylic acids is 1. The molecule has 0 aromatic rings. The number of allylic oxidation sites excluding steroid dienone is 2. The topological polar surface area (TPSA) is 66.5 Å². The molecule has 0 aromatic heterocycles. The van der Waals surface area contributed by atoms with Gasteiger partial charge in [0.05, 0.1) is 5.75 Å². The molecule has 0 unspecified atom stereocenters. The molecule has 19 heavy (non-hydrogen) atoms. The summed E-state index contributed by atoms with van der Waals surface area (Å²) in [5.41, 5.74) is 0. The monoisotopic (exact) mass is 288 g/mol. The maximum atomic E-state index is 11.8. The van der Waals surface area contributed by atoms with E-state index in [1.807, 2.05) is 0 Å². The Hall–Kier alpha value is -1.04. The lowest BCUT2D eigenvalue weighted by Gasteiger charge is -2.22. The van der Waals surface area contributed by atoms with E-state index in [1.54, 1.807) is 14.0 Å². The largest absolute Gasteiger partial charge is 0.338 e. The SMILES string of the molecule is CCS(=O)(=O)CCN(C)C(=O)NC[C@H]1CC=CCC1. The summed E-state index contributed by atoms with van der Waals surface area (Å²) in [7, 11) is -1.39. The number of urea groups is 1. The number of rotatable bonds is 6. The summed E-state index contributed by atoms with van der Waals surface area (Å²) in [5.74, 6) is 0.651. The summed E-state index contributed by atoms with van der Waals surface area (Å²) in [6, 6.07) is -0.194. The average molecular weight is 288 g/mol. The van der Waals surface area contributed by atoms with Crippen LogP contribution in [0, 0.1) is 5.92 Å². The first kappa shape index (κ1) is 16.0. The highest BCUT2D eigenvalue weighted by Gasteiger charge is 2.15. The van der Waals surface area contributed by atoms with Gasteiger partial charge in [0.1, 0.15) is 0 Å². The summed E-state index contributed by atoms with van der Waals surface area (Å²) in [6.07, 6.45) is 7.50. The lowest BCUT2D eigenvalue weighted by atomic mass is 9.94. The molecule has 2 amide bonds. The summed E-state index contributed by atoms with van der Waals surface area (Å²) in [4.78, 5) is 13.2. The van der Waals surface area contributed by atoms with Crippen LogP contribution in [0.5, 0.6) is 0 Å². The van der Waals surface area contributed by atoms with Crippen molar-refractivity contribution in [2.24, 2.45) is 5.92 Å². The van der Waals surface area contributed by atoms with Gasteiger partial charge in [0, 0.05) is 25.9 Å². The molecule has 0 saturated heterocycles. The van der Waals surface area contributed by atoms with Crippen LogP contribution < -0.4 is 5.32 Å². The fourth-order valence-corrected chi connectivity index (χ4v) is 2.77. The van der Waals surface area contributed by atoms with E-state index in [4.69, 9.17) is 0 Å². The number of carbonyl (C=O) groups is 1. The Morgan fingerprint density at radius 2 is 2.16 bits per heavy atom. The van der Waals surface area contributed by atoms with Gasteiger partial charge in [-0.1, -0.05) is 19.1 Å². The second kappa shape index (κ2) is 7.53. The molecule has 0 aromatic carbocycles. The molecular weight excluding hydrogens is 264 g/mol. The highest BCUT2D eigenvalue weighted by atomic mass is 32.2. The number of hydrogen-bond acceptors (Lipinski definition) is 3. The second-order valence-electron chi connectivity index (χ2n) is 4.99. The maximum Gasteiger partial charge on any atom is 0.317 e. The third kappa shape index (κ3) is 6.09. The second-order valence-corrected chi connectivity index (χ2v) is 7.47. The quantitative estimate of drug-likeness (QED) is 0.752. The van der Waals surface area contributed by atoms with Crippen molar-refractivity contribution in [3.63, 3.8) is 0 Å². The van der Waals surface area contributed by atoms with Gasteiger partial charge >= 0.3 is 6.03 Å². The van der Waals surface area contributed by atoms with Crippen molar-refractivity contribution in [3.8, 4) is 0 Å². The molecule has 0 spiro atoms. The van der Waals surface area contributed by atoms with E-state index in [2.05, 4.69) is 17.5 Å². The molecule has 1 rings (SSSR count). The number of nitrogens with zero attached hydrogens (tertiary/aromatic N) is 1. The molecule has 0 fully saturated rings. The van der Waals surface area contributed by atoms with Crippen molar-refractivity contribution < 1.29 is 13.2 Å². The van der Waals surface area contributed by atoms with Gasteiger partial charge in [-0.3, -0.25) is 0 Å². The van der Waals surface area contributed by atoms with Gasteiger partial charge in [-0.05, 0) is 25.2 Å². The van der Waals surface area contributed by atoms with Crippen LogP contribution in [0.2, 0.25) is 0 Å². The zero-order chi connectivity index (χ0) is 14.3. The van der Waals surface area contributed by atoms with Gasteiger partial charge in [-0.15, -0.1) is 0 Å². The van der Waals surface area contributed by atoms with Crippen molar-refractivity contribution in [3.05, 3.63) is 12.2 Å². The fourth-order valence-electron chi connectivity index (χ4n) is 1.93. The Balaban J connectivity index is 2.26. The first-order valence-electron chi connectivity index (χ1n) is 6.79. The molecule has 1 aliphatic carbocycles. The summed E-state index contributed by atoms with van der Waals surface area (Å²) >= 11 is 0. The highest BCUT2D eigenvalue weighted by Crippen LogP contribution is 2.16. The standard InChI is InChI=1S/C13H24N2O3S/c1-3-19(17,18)10-9-15(2)13(16)14-11-12-7-5-4-6-8-12/h4-5,12H,3,6-11H2,1-2H3,(H,14,16)/t12-/m0/s1. The molecule has 1 atom stereocenters. The minimum atomic E-state index is -3.01. The summed E-state index contributed by atoms with van der Waals surface area (Å²) < 4.78 is 22.7. The summed E-state index contributed by atoms with van der Waals surface area (Å²) in [5, 5.41) is 2.86. The van der Waals surface area contributed by atoms with E-state index in [-0.39, 0.29) is 24.1 Å². The van der Waals surface area contributed by atoms with E-state index in [0.29, 0.717) is 12.5 Å². The van der Waals surface area contributed by atoms with Gasteiger partial charge in [0.25, 0.3) is 0 Å². The minimum absolute atomic E-state index is 0.0274. The van der Waals surface area contributed by atoms with E-state index in [9.17, 15) is 13.2 Å². The predicted octanol–water partition coefficient (Wildman–Crippen LogP) is 1.42. The zero-order valence-corrected chi connectivity index (χ0v) is 12.6. The van der Waals surface area contributed by atoms with E-state index < -0.39 is 9.84 Å². The van der Waals surface area contributed by atoms with Crippen molar-refractivity contribution in [1.29, 1.82) is 0 Å². The highest BCUT2D eigenvalue weighted by molar-refractivity contribution is 7.91. The molecule has 110 valence electrons. The van der Waals surface area contributed by atoms with Crippen LogP contribution in [0.1, 0.15) is 26.2 Å². The molecule has 0 heterocycles. The van der Waals surface area contributed by atoms with Gasteiger partial charge in [-0.25, -0.2) is 13.2 Å². The Morgan fingerprint density at radius 1 is 1.42 bits per heavy atom. The van der Waals surface area contributed by atoms with Gasteiger partial charge < -0.3 is 10.2 Å². The van der Waals surface area contributed by atoms with Crippen LogP contribution in [-0.4, -0.2) is 51.0 Å². The van der Waals surface area contributed by atoms with E-state index in [0.717, 1.165) is 19.3 Å². The van der Waals surface area contributed by atoms with Crippen LogP contribution in [0.3, 0.4) is 0 Å². The maximum absolute atomic E-state index is 11.8. The Morgan fingerprint density at radius 3 is 2.74 bits per heavy atom. The van der Waals surface area contributed by atoms with Crippen molar-refractivity contribution in [1.82, 2.24) is 10.2 Å². The van der Waals surface area contributed by atoms with Crippen molar-refractivity contribution in [2.45, 2.75) is 26.2 Å². The number of amides is 2. The van der Waals surface area contributed by atoms with Gasteiger partial charge in [0.15, 0.2) is 9.84 Å². The Bertz CT molecular complexity index is 418. The smallest absolute Gasteiger partial charge is 0.317 e. The first-order valence-corrected chi connectivity index (χ1v) is 8.61. The van der Waals surface area contributed by atoms with Gasteiger partial charge in [0.2, 0.25) is 0 Å². The molecule has 6 heteroatoms. The molecular formula is C13H24N2O3S. The first-order chi connectivity index (χ1) is 8.94. The molecule has 0 saturated carbocycles. The number of sulfone groups is 1. The number of hydrogen-bond donors (Lipinski definition) is 1.